The number of benzene rings is 1. The number of phenolic OH excluding ortho intramolecular Hbond substituents is 1. The highest BCUT2D eigenvalue weighted by atomic mass is 16.5. The van der Waals surface area contributed by atoms with Gasteiger partial charge in [-0.3, -0.25) is 4.79 Å². The number of hydrogen-bond donors (Lipinski definition) is 2. The molecule has 0 saturated heterocycles. The van der Waals surface area contributed by atoms with Gasteiger partial charge in [-0.25, -0.2) is 0 Å². The fraction of sp³-hybridized carbons (Fsp3) is 0.231. The van der Waals surface area contributed by atoms with Gasteiger partial charge in [-0.1, -0.05) is 5.16 Å². The second kappa shape index (κ2) is 5.43. The highest BCUT2D eigenvalue weighted by molar-refractivity contribution is 5.97. The maximum Gasteiger partial charge on any atom is 0.255 e. The van der Waals surface area contributed by atoms with Crippen LogP contribution in [-0.2, 0) is 6.54 Å². The Morgan fingerprint density at radius 3 is 2.89 bits per heavy atom. The summed E-state index contributed by atoms with van der Waals surface area (Å²) in [7, 11) is 1.49. The summed E-state index contributed by atoms with van der Waals surface area (Å²) in [5, 5.41) is 16.0. The molecule has 0 atom stereocenters. The molecule has 0 aliphatic carbocycles. The summed E-state index contributed by atoms with van der Waals surface area (Å²) < 4.78 is 9.98. The molecule has 0 spiro atoms. The van der Waals surface area contributed by atoms with E-state index in [-0.39, 0.29) is 17.9 Å². The quantitative estimate of drug-likeness (QED) is 0.874. The largest absolute Gasteiger partial charge is 0.507 e. The molecule has 1 aromatic heterocycles. The van der Waals surface area contributed by atoms with Gasteiger partial charge in [0.1, 0.15) is 11.5 Å². The smallest absolute Gasteiger partial charge is 0.255 e. The van der Waals surface area contributed by atoms with Crippen molar-refractivity contribution in [3.63, 3.8) is 0 Å². The number of aryl methyl sites for hydroxylation is 1. The molecular weight excluding hydrogens is 248 g/mol. The first-order valence-electron chi connectivity index (χ1n) is 5.67. The van der Waals surface area contributed by atoms with E-state index in [9.17, 15) is 9.90 Å². The summed E-state index contributed by atoms with van der Waals surface area (Å²) in [6.07, 6.45) is 0. The Kier molecular flexibility index (Phi) is 3.70. The molecule has 100 valence electrons. The Morgan fingerprint density at radius 2 is 2.26 bits per heavy atom. The number of aromatic hydroxyl groups is 1. The van der Waals surface area contributed by atoms with Crippen LogP contribution in [0.4, 0.5) is 0 Å². The van der Waals surface area contributed by atoms with Crippen LogP contribution in [0, 0.1) is 6.92 Å². The van der Waals surface area contributed by atoms with Crippen LogP contribution < -0.4 is 10.1 Å². The van der Waals surface area contributed by atoms with Gasteiger partial charge < -0.3 is 19.7 Å². The Hall–Kier alpha value is -2.50. The minimum absolute atomic E-state index is 0.105. The van der Waals surface area contributed by atoms with Crippen LogP contribution in [0.25, 0.3) is 0 Å². The van der Waals surface area contributed by atoms with Gasteiger partial charge in [-0.2, -0.15) is 0 Å². The summed E-state index contributed by atoms with van der Waals surface area (Å²) in [5.41, 5.74) is 0.893. The van der Waals surface area contributed by atoms with E-state index in [1.165, 1.54) is 19.2 Å². The van der Waals surface area contributed by atoms with E-state index < -0.39 is 5.91 Å². The van der Waals surface area contributed by atoms with E-state index in [0.29, 0.717) is 11.5 Å². The topological polar surface area (TPSA) is 84.6 Å². The minimum atomic E-state index is -0.412. The molecule has 2 rings (SSSR count). The fourth-order valence-electron chi connectivity index (χ4n) is 1.59. The number of carbonyl (C=O) groups excluding carboxylic acids is 1. The van der Waals surface area contributed by atoms with Crippen molar-refractivity contribution in [1.82, 2.24) is 10.5 Å². The first kappa shape index (κ1) is 12.9. The second-order valence-corrected chi connectivity index (χ2v) is 4.00. The fourth-order valence-corrected chi connectivity index (χ4v) is 1.59. The first-order valence-corrected chi connectivity index (χ1v) is 5.67. The molecule has 0 fully saturated rings. The molecule has 19 heavy (non-hydrogen) atoms. The van der Waals surface area contributed by atoms with Gasteiger partial charge in [0.05, 0.1) is 24.9 Å². The van der Waals surface area contributed by atoms with Crippen LogP contribution in [0.2, 0.25) is 0 Å². The van der Waals surface area contributed by atoms with Gasteiger partial charge in [0.15, 0.2) is 5.76 Å². The number of phenols is 1. The Labute approximate surface area is 110 Å². The van der Waals surface area contributed by atoms with Gasteiger partial charge in [0, 0.05) is 6.07 Å². The molecule has 1 aromatic carbocycles. The lowest BCUT2D eigenvalue weighted by Gasteiger charge is -2.07. The number of carbonyl (C=O) groups is 1. The molecule has 0 aliphatic rings. The molecule has 0 radical (unpaired) electrons. The molecule has 0 unspecified atom stereocenters. The predicted molar refractivity (Wildman–Crippen MR) is 67.1 cm³/mol. The number of methoxy groups -OCH3 is 1. The lowest BCUT2D eigenvalue weighted by molar-refractivity contribution is 0.0944. The van der Waals surface area contributed by atoms with Gasteiger partial charge in [-0.05, 0) is 25.1 Å². The normalized spacial score (nSPS) is 10.2. The number of nitrogens with zero attached hydrogens (tertiary/aromatic N) is 1. The number of aromatic nitrogens is 1. The summed E-state index contributed by atoms with van der Waals surface area (Å²) in [4.78, 5) is 11.9. The van der Waals surface area contributed by atoms with Crippen molar-refractivity contribution in [3.8, 4) is 11.5 Å². The number of nitrogens with one attached hydrogen (secondary N) is 1. The van der Waals surface area contributed by atoms with Crippen molar-refractivity contribution in [2.24, 2.45) is 0 Å². The number of hydrogen-bond acceptors (Lipinski definition) is 5. The maximum absolute atomic E-state index is 11.9. The zero-order valence-electron chi connectivity index (χ0n) is 10.6. The molecular formula is C13H14N2O4. The van der Waals surface area contributed by atoms with Crippen molar-refractivity contribution in [2.75, 3.05) is 7.11 Å². The lowest BCUT2D eigenvalue weighted by Crippen LogP contribution is -2.22. The van der Waals surface area contributed by atoms with Gasteiger partial charge >= 0.3 is 0 Å². The Balaban J connectivity index is 2.07. The highest BCUT2D eigenvalue weighted by Gasteiger charge is 2.13. The number of ether oxygens (including phenoxy) is 1. The number of amides is 1. The maximum atomic E-state index is 11.9. The van der Waals surface area contributed by atoms with E-state index in [4.69, 9.17) is 9.26 Å². The van der Waals surface area contributed by atoms with Crippen molar-refractivity contribution >= 4 is 5.91 Å². The Morgan fingerprint density at radius 1 is 1.47 bits per heavy atom. The van der Waals surface area contributed by atoms with Crippen molar-refractivity contribution in [3.05, 3.63) is 41.3 Å². The highest BCUT2D eigenvalue weighted by Crippen LogP contribution is 2.22. The third-order valence-electron chi connectivity index (χ3n) is 2.55. The second-order valence-electron chi connectivity index (χ2n) is 4.00. The number of rotatable bonds is 4. The molecule has 0 saturated carbocycles. The SMILES string of the molecule is COc1ccc(O)c(C(=O)NCc2cc(C)no2)c1. The summed E-state index contributed by atoms with van der Waals surface area (Å²) in [6, 6.07) is 6.18. The summed E-state index contributed by atoms with van der Waals surface area (Å²) >= 11 is 0. The molecule has 6 nitrogen and oxygen atoms in total. The zero-order valence-corrected chi connectivity index (χ0v) is 10.6. The van der Waals surface area contributed by atoms with Crippen LogP contribution in [0.15, 0.2) is 28.8 Å². The molecule has 0 aliphatic heterocycles. The molecule has 1 amide bonds. The van der Waals surface area contributed by atoms with E-state index >= 15 is 0 Å². The van der Waals surface area contributed by atoms with Crippen LogP contribution in [0.5, 0.6) is 11.5 Å². The van der Waals surface area contributed by atoms with Crippen molar-refractivity contribution in [1.29, 1.82) is 0 Å². The molecule has 1 heterocycles. The van der Waals surface area contributed by atoms with Crippen molar-refractivity contribution < 1.29 is 19.2 Å². The zero-order chi connectivity index (χ0) is 13.8. The van der Waals surface area contributed by atoms with E-state index in [2.05, 4.69) is 10.5 Å². The van der Waals surface area contributed by atoms with Crippen LogP contribution in [0.3, 0.4) is 0 Å². The average Bonchev–Trinajstić information content (AvgIpc) is 2.82. The van der Waals surface area contributed by atoms with Crippen molar-refractivity contribution in [2.45, 2.75) is 13.5 Å². The Bertz CT molecular complexity index is 592. The van der Waals surface area contributed by atoms with Gasteiger partial charge in [0.25, 0.3) is 5.91 Å². The summed E-state index contributed by atoms with van der Waals surface area (Å²) in [5.74, 6) is 0.532. The monoisotopic (exact) mass is 262 g/mol. The van der Waals surface area contributed by atoms with Gasteiger partial charge in [-0.15, -0.1) is 0 Å². The third kappa shape index (κ3) is 3.04. The molecule has 2 N–H and O–H groups in total. The minimum Gasteiger partial charge on any atom is -0.507 e. The average molecular weight is 262 g/mol. The standard InChI is InChI=1S/C13H14N2O4/c1-8-5-10(19-15-8)7-14-13(17)11-6-9(18-2)3-4-12(11)16/h3-6,16H,7H2,1-2H3,(H,14,17). The first-order chi connectivity index (χ1) is 9.10. The van der Waals surface area contributed by atoms with Crippen LogP contribution >= 0.6 is 0 Å². The van der Waals surface area contributed by atoms with Crippen LogP contribution in [0.1, 0.15) is 21.8 Å². The van der Waals surface area contributed by atoms with E-state index in [1.807, 2.05) is 0 Å². The van der Waals surface area contributed by atoms with Gasteiger partial charge in [0.2, 0.25) is 0 Å². The summed E-state index contributed by atoms with van der Waals surface area (Å²) in [6.45, 7) is 2.00. The predicted octanol–water partition coefficient (Wildman–Crippen LogP) is 1.63. The molecule has 6 heteroatoms. The van der Waals surface area contributed by atoms with E-state index in [0.717, 1.165) is 5.69 Å². The van der Waals surface area contributed by atoms with E-state index in [1.54, 1.807) is 19.1 Å². The van der Waals surface area contributed by atoms with Crippen LogP contribution in [-0.4, -0.2) is 23.3 Å². The third-order valence-corrected chi connectivity index (χ3v) is 2.55. The molecule has 0 bridgehead atoms. The lowest BCUT2D eigenvalue weighted by atomic mass is 10.1. The molecule has 2 aromatic rings.